The van der Waals surface area contributed by atoms with Crippen LogP contribution in [0.15, 0.2) is 58.3 Å². The van der Waals surface area contributed by atoms with Gasteiger partial charge in [-0.3, -0.25) is 0 Å². The lowest BCUT2D eigenvalue weighted by Gasteiger charge is -2.04. The SMILES string of the molecule is Cl.Nc1ccc(S(=O)(=O)c2ccc(F)cc2)cc1. The van der Waals surface area contributed by atoms with Gasteiger partial charge >= 0.3 is 0 Å². The highest BCUT2D eigenvalue weighted by Crippen LogP contribution is 2.21. The van der Waals surface area contributed by atoms with Crippen LogP contribution in [0.1, 0.15) is 0 Å². The molecule has 0 heterocycles. The molecule has 96 valence electrons. The summed E-state index contributed by atoms with van der Waals surface area (Å²) >= 11 is 0. The average molecular weight is 288 g/mol. The topological polar surface area (TPSA) is 60.2 Å². The minimum atomic E-state index is -3.59. The average Bonchev–Trinajstić information content (AvgIpc) is 2.30. The molecule has 0 fully saturated rings. The van der Waals surface area contributed by atoms with Crippen LogP contribution in [-0.2, 0) is 9.84 Å². The standard InChI is InChI=1S/C12H10FNO2S.ClH/c13-9-1-5-11(6-2-9)17(15,16)12-7-3-10(14)4-8-12;/h1-8H,14H2;1H. The molecule has 0 spiro atoms. The van der Waals surface area contributed by atoms with Gasteiger partial charge in [-0.2, -0.15) is 0 Å². The van der Waals surface area contributed by atoms with Crippen molar-refractivity contribution in [3.63, 3.8) is 0 Å². The van der Waals surface area contributed by atoms with Gasteiger partial charge in [-0.25, -0.2) is 12.8 Å². The van der Waals surface area contributed by atoms with Gasteiger partial charge in [0.1, 0.15) is 5.82 Å². The molecule has 0 bridgehead atoms. The molecule has 0 aromatic heterocycles. The van der Waals surface area contributed by atoms with Crippen LogP contribution in [0.2, 0.25) is 0 Å². The second-order valence-electron chi connectivity index (χ2n) is 3.53. The lowest BCUT2D eigenvalue weighted by atomic mass is 10.3. The van der Waals surface area contributed by atoms with Crippen LogP contribution >= 0.6 is 12.4 Å². The summed E-state index contributed by atoms with van der Waals surface area (Å²) in [6.07, 6.45) is 0. The predicted octanol–water partition coefficient (Wildman–Crippen LogP) is 2.66. The first kappa shape index (κ1) is 14.5. The first-order chi connectivity index (χ1) is 8.00. The predicted molar refractivity (Wildman–Crippen MR) is 70.0 cm³/mol. The van der Waals surface area contributed by atoms with Gasteiger partial charge in [-0.1, -0.05) is 0 Å². The first-order valence-electron chi connectivity index (χ1n) is 4.86. The van der Waals surface area contributed by atoms with E-state index in [9.17, 15) is 12.8 Å². The normalized spacial score (nSPS) is 10.7. The summed E-state index contributed by atoms with van der Waals surface area (Å²) in [6.45, 7) is 0. The fourth-order valence-electron chi connectivity index (χ4n) is 1.40. The van der Waals surface area contributed by atoms with Crippen molar-refractivity contribution < 1.29 is 12.8 Å². The van der Waals surface area contributed by atoms with Gasteiger partial charge in [-0.15, -0.1) is 12.4 Å². The van der Waals surface area contributed by atoms with E-state index in [1.165, 1.54) is 36.4 Å². The molecule has 6 heteroatoms. The maximum absolute atomic E-state index is 12.7. The minimum absolute atomic E-state index is 0. The molecule has 0 unspecified atom stereocenters. The van der Waals surface area contributed by atoms with Crippen molar-refractivity contribution in [3.8, 4) is 0 Å². The number of nitrogens with two attached hydrogens (primary N) is 1. The summed E-state index contributed by atoms with van der Waals surface area (Å²) < 4.78 is 36.9. The molecule has 0 saturated heterocycles. The van der Waals surface area contributed by atoms with Crippen LogP contribution in [0.4, 0.5) is 10.1 Å². The van der Waals surface area contributed by atoms with Gasteiger partial charge in [0, 0.05) is 5.69 Å². The van der Waals surface area contributed by atoms with E-state index in [-0.39, 0.29) is 22.2 Å². The van der Waals surface area contributed by atoms with Crippen LogP contribution < -0.4 is 5.73 Å². The Kier molecular flexibility index (Phi) is 4.32. The van der Waals surface area contributed by atoms with E-state index in [0.29, 0.717) is 5.69 Å². The highest BCUT2D eigenvalue weighted by molar-refractivity contribution is 7.91. The lowest BCUT2D eigenvalue weighted by molar-refractivity contribution is 0.595. The molecule has 3 nitrogen and oxygen atoms in total. The summed E-state index contributed by atoms with van der Waals surface area (Å²) in [5.41, 5.74) is 5.97. The van der Waals surface area contributed by atoms with Crippen LogP contribution in [0.3, 0.4) is 0 Å². The van der Waals surface area contributed by atoms with E-state index >= 15 is 0 Å². The minimum Gasteiger partial charge on any atom is -0.399 e. The van der Waals surface area contributed by atoms with E-state index in [2.05, 4.69) is 0 Å². The van der Waals surface area contributed by atoms with Gasteiger partial charge in [0.15, 0.2) is 0 Å². The fourth-order valence-corrected chi connectivity index (χ4v) is 2.66. The summed E-state index contributed by atoms with van der Waals surface area (Å²) in [5.74, 6) is -0.471. The van der Waals surface area contributed by atoms with Crippen molar-refractivity contribution in [1.82, 2.24) is 0 Å². The molecule has 0 radical (unpaired) electrons. The van der Waals surface area contributed by atoms with E-state index in [1.807, 2.05) is 0 Å². The third-order valence-corrected chi connectivity index (χ3v) is 4.10. The fraction of sp³-hybridized carbons (Fsp3) is 0. The molecule has 2 N–H and O–H groups in total. The number of halogens is 2. The molecule has 2 aromatic rings. The smallest absolute Gasteiger partial charge is 0.206 e. The Hall–Kier alpha value is -1.59. The van der Waals surface area contributed by atoms with Gasteiger partial charge in [-0.05, 0) is 48.5 Å². The van der Waals surface area contributed by atoms with E-state index in [1.54, 1.807) is 0 Å². The summed E-state index contributed by atoms with van der Waals surface area (Å²) in [6, 6.07) is 10.6. The van der Waals surface area contributed by atoms with E-state index in [0.717, 1.165) is 12.1 Å². The van der Waals surface area contributed by atoms with E-state index < -0.39 is 15.7 Å². The second-order valence-corrected chi connectivity index (χ2v) is 5.48. The van der Waals surface area contributed by atoms with Crippen LogP contribution in [0.25, 0.3) is 0 Å². The number of sulfone groups is 1. The largest absolute Gasteiger partial charge is 0.399 e. The van der Waals surface area contributed by atoms with Crippen LogP contribution in [0, 0.1) is 5.82 Å². The molecule has 0 amide bonds. The van der Waals surface area contributed by atoms with Crippen molar-refractivity contribution in [1.29, 1.82) is 0 Å². The zero-order valence-electron chi connectivity index (χ0n) is 9.21. The Labute approximate surface area is 111 Å². The Morgan fingerprint density at radius 3 is 1.67 bits per heavy atom. The van der Waals surface area contributed by atoms with Crippen LogP contribution in [0.5, 0.6) is 0 Å². The Morgan fingerprint density at radius 2 is 1.22 bits per heavy atom. The van der Waals surface area contributed by atoms with E-state index in [4.69, 9.17) is 5.73 Å². The highest BCUT2D eigenvalue weighted by atomic mass is 35.5. The zero-order chi connectivity index (χ0) is 12.5. The molecule has 0 aliphatic rings. The maximum atomic E-state index is 12.7. The van der Waals surface area contributed by atoms with Crippen LogP contribution in [-0.4, -0.2) is 8.42 Å². The molecule has 0 saturated carbocycles. The van der Waals surface area contributed by atoms with Gasteiger partial charge in [0.05, 0.1) is 9.79 Å². The first-order valence-corrected chi connectivity index (χ1v) is 6.35. The Morgan fingerprint density at radius 1 is 0.833 bits per heavy atom. The number of benzene rings is 2. The molecular formula is C12H11ClFNO2S. The number of nitrogen functional groups attached to an aromatic ring is 1. The number of rotatable bonds is 2. The molecule has 18 heavy (non-hydrogen) atoms. The molecule has 0 aliphatic carbocycles. The summed E-state index contributed by atoms with van der Waals surface area (Å²) in [4.78, 5) is 0.196. The van der Waals surface area contributed by atoms with Gasteiger partial charge < -0.3 is 5.73 Å². The third-order valence-electron chi connectivity index (χ3n) is 2.31. The molecule has 0 aliphatic heterocycles. The molecule has 2 aromatic carbocycles. The third kappa shape index (κ3) is 2.80. The van der Waals surface area contributed by atoms with Crippen molar-refractivity contribution in [2.75, 3.05) is 5.73 Å². The number of anilines is 1. The highest BCUT2D eigenvalue weighted by Gasteiger charge is 2.16. The summed E-state index contributed by atoms with van der Waals surface area (Å²) in [7, 11) is -3.59. The van der Waals surface area contributed by atoms with Crippen molar-refractivity contribution in [2.45, 2.75) is 9.79 Å². The summed E-state index contributed by atoms with van der Waals surface area (Å²) in [5, 5.41) is 0. The molecular weight excluding hydrogens is 277 g/mol. The lowest BCUT2D eigenvalue weighted by Crippen LogP contribution is -2.02. The number of hydrogen-bond donors (Lipinski definition) is 1. The van der Waals surface area contributed by atoms with Crippen molar-refractivity contribution in [3.05, 3.63) is 54.3 Å². The van der Waals surface area contributed by atoms with Gasteiger partial charge in [0.25, 0.3) is 0 Å². The Bertz CT molecular complexity index is 573. The second kappa shape index (κ2) is 5.37. The number of hydrogen-bond acceptors (Lipinski definition) is 3. The molecule has 2 rings (SSSR count). The Balaban J connectivity index is 0.00000162. The van der Waals surface area contributed by atoms with Crippen molar-refractivity contribution in [2.24, 2.45) is 0 Å². The van der Waals surface area contributed by atoms with Gasteiger partial charge in [0.2, 0.25) is 9.84 Å². The maximum Gasteiger partial charge on any atom is 0.206 e. The monoisotopic (exact) mass is 287 g/mol. The zero-order valence-corrected chi connectivity index (χ0v) is 10.8. The quantitative estimate of drug-likeness (QED) is 0.682. The molecule has 0 atom stereocenters. The van der Waals surface area contributed by atoms with Crippen molar-refractivity contribution >= 4 is 27.9 Å².